The first-order valence-electron chi connectivity index (χ1n) is 4.13. The molecule has 1 aromatic heterocycles. The first kappa shape index (κ1) is 11.5. The molecule has 84 valence electrons. The largest absolute Gasteiger partial charge is 0.464 e. The number of hydrogen-bond donors (Lipinski definition) is 0. The number of alkyl halides is 3. The van der Waals surface area contributed by atoms with E-state index in [9.17, 15) is 18.0 Å². The molecule has 0 atom stereocenters. The summed E-state index contributed by atoms with van der Waals surface area (Å²) < 4.78 is 42.2. The maximum atomic E-state index is 12.3. The van der Waals surface area contributed by atoms with Gasteiger partial charge in [0, 0.05) is 13.1 Å². The summed E-state index contributed by atoms with van der Waals surface area (Å²) in [4.78, 5) is 10.4. The average molecular weight is 222 g/mol. The summed E-state index contributed by atoms with van der Waals surface area (Å²) in [6, 6.07) is 0.869. The van der Waals surface area contributed by atoms with Crippen molar-refractivity contribution >= 4 is 5.97 Å². The molecule has 0 aliphatic rings. The average Bonchev–Trinajstić information content (AvgIpc) is 2.50. The van der Waals surface area contributed by atoms with Crippen LogP contribution in [0.15, 0.2) is 12.3 Å². The second-order valence-electron chi connectivity index (χ2n) is 2.78. The van der Waals surface area contributed by atoms with Gasteiger partial charge in [-0.3, -0.25) is 9.48 Å². The summed E-state index contributed by atoms with van der Waals surface area (Å²) in [5, 5.41) is 3.48. The normalized spacial score (nSPS) is 11.5. The smallest absolute Gasteiger partial charge is 0.433 e. The molecule has 0 aliphatic heterocycles. The van der Waals surface area contributed by atoms with Crippen LogP contribution in [0.5, 0.6) is 0 Å². The first-order valence-corrected chi connectivity index (χ1v) is 4.13. The fraction of sp³-hybridized carbons (Fsp3) is 0.500. The van der Waals surface area contributed by atoms with E-state index in [4.69, 9.17) is 0 Å². The molecule has 0 spiro atoms. The van der Waals surface area contributed by atoms with Crippen molar-refractivity contribution in [2.24, 2.45) is 0 Å². The van der Waals surface area contributed by atoms with E-state index < -0.39 is 17.8 Å². The van der Waals surface area contributed by atoms with Gasteiger partial charge in [-0.15, -0.1) is 0 Å². The van der Waals surface area contributed by atoms with Crippen LogP contribution in [-0.4, -0.2) is 22.4 Å². The molecule has 15 heavy (non-hydrogen) atoms. The van der Waals surface area contributed by atoms with Crippen LogP contribution in [0.2, 0.25) is 0 Å². The Hall–Kier alpha value is -1.53. The highest BCUT2D eigenvalue weighted by Crippen LogP contribution is 2.28. The van der Waals surface area contributed by atoms with Gasteiger partial charge in [-0.1, -0.05) is 0 Å². The van der Waals surface area contributed by atoms with Crippen LogP contribution < -0.4 is 0 Å². The Morgan fingerprint density at radius 2 is 2.27 bits per heavy atom. The molecule has 0 aromatic carbocycles. The van der Waals surface area contributed by atoms with Crippen molar-refractivity contribution in [1.82, 2.24) is 9.78 Å². The van der Waals surface area contributed by atoms with Gasteiger partial charge < -0.3 is 4.74 Å². The molecule has 0 bridgehead atoms. The molecule has 0 aliphatic carbocycles. The molecule has 0 unspecified atom stereocenters. The molecule has 0 fully saturated rings. The van der Waals surface area contributed by atoms with Gasteiger partial charge in [-0.2, -0.15) is 18.3 Å². The Morgan fingerprint density at radius 3 is 2.80 bits per heavy atom. The van der Waals surface area contributed by atoms with Crippen molar-refractivity contribution in [1.29, 1.82) is 0 Å². The first-order chi connectivity index (χ1) is 6.91. The third kappa shape index (κ3) is 3.26. The van der Waals surface area contributed by atoms with Crippen molar-refractivity contribution in [2.75, 3.05) is 6.61 Å². The zero-order chi connectivity index (χ0) is 11.5. The van der Waals surface area contributed by atoms with Crippen LogP contribution in [0.4, 0.5) is 13.2 Å². The number of nitrogens with zero attached hydrogens (tertiary/aromatic N) is 2. The molecule has 1 aromatic rings. The number of aromatic nitrogens is 2. The number of carbonyl (C=O) groups excluding carboxylic acids is 1. The molecule has 1 heterocycles. The summed E-state index contributed by atoms with van der Waals surface area (Å²) in [6.07, 6.45) is -3.39. The highest BCUT2D eigenvalue weighted by Gasteiger charge is 2.34. The predicted octanol–water partition coefficient (Wildman–Crippen LogP) is 1.47. The van der Waals surface area contributed by atoms with E-state index in [1.54, 1.807) is 0 Å². The zero-order valence-electron chi connectivity index (χ0n) is 7.91. The van der Waals surface area contributed by atoms with Crippen LogP contribution in [0.3, 0.4) is 0 Å². The van der Waals surface area contributed by atoms with Gasteiger partial charge in [-0.05, 0) is 6.07 Å². The zero-order valence-corrected chi connectivity index (χ0v) is 7.91. The highest BCUT2D eigenvalue weighted by atomic mass is 19.4. The lowest BCUT2D eigenvalue weighted by Gasteiger charge is -2.09. The van der Waals surface area contributed by atoms with Crippen LogP contribution >= 0.6 is 0 Å². The van der Waals surface area contributed by atoms with Crippen molar-refractivity contribution in [3.63, 3.8) is 0 Å². The van der Waals surface area contributed by atoms with Gasteiger partial charge in [0.2, 0.25) is 0 Å². The molecule has 7 heteroatoms. The molecule has 1 rings (SSSR count). The third-order valence-corrected chi connectivity index (χ3v) is 1.62. The van der Waals surface area contributed by atoms with E-state index in [0.29, 0.717) is 0 Å². The topological polar surface area (TPSA) is 44.1 Å². The lowest BCUT2D eigenvalue weighted by Crippen LogP contribution is -2.17. The summed E-state index contributed by atoms with van der Waals surface area (Å²) >= 11 is 0. The second kappa shape index (κ2) is 4.33. The number of esters is 1. The Kier molecular flexibility index (Phi) is 3.33. The standard InChI is InChI=1S/C8H9F3N2O2/c1-6(14)15-5-4-13-7(2-3-12-13)8(9,10)11/h2-3H,4-5H2,1H3. The van der Waals surface area contributed by atoms with E-state index in [0.717, 1.165) is 16.9 Å². The van der Waals surface area contributed by atoms with Crippen LogP contribution in [0, 0.1) is 0 Å². The molecular formula is C8H9F3N2O2. The minimum atomic E-state index is -4.44. The van der Waals surface area contributed by atoms with Crippen LogP contribution in [0.1, 0.15) is 12.6 Å². The molecule has 4 nitrogen and oxygen atoms in total. The van der Waals surface area contributed by atoms with E-state index >= 15 is 0 Å². The highest BCUT2D eigenvalue weighted by molar-refractivity contribution is 5.65. The van der Waals surface area contributed by atoms with Crippen LogP contribution in [-0.2, 0) is 22.3 Å². The van der Waals surface area contributed by atoms with Crippen molar-refractivity contribution in [3.05, 3.63) is 18.0 Å². The summed E-state index contributed by atoms with van der Waals surface area (Å²) in [7, 11) is 0. The number of ether oxygens (including phenoxy) is 1. The lowest BCUT2D eigenvalue weighted by molar-refractivity contribution is -0.145. The summed E-state index contributed by atoms with van der Waals surface area (Å²) in [6.45, 7) is 0.954. The van der Waals surface area contributed by atoms with E-state index in [1.807, 2.05) is 0 Å². The summed E-state index contributed by atoms with van der Waals surface area (Å²) in [5.41, 5.74) is -0.852. The minimum absolute atomic E-state index is 0.110. The molecular weight excluding hydrogens is 213 g/mol. The molecule has 0 saturated carbocycles. The van der Waals surface area contributed by atoms with Crippen molar-refractivity contribution in [3.8, 4) is 0 Å². The number of carbonyl (C=O) groups is 1. The maximum Gasteiger partial charge on any atom is 0.433 e. The van der Waals surface area contributed by atoms with Gasteiger partial charge >= 0.3 is 12.1 Å². The Labute approximate surface area is 83.6 Å². The van der Waals surface area contributed by atoms with Gasteiger partial charge in [0.15, 0.2) is 0 Å². The fourth-order valence-corrected chi connectivity index (χ4v) is 1.03. The Bertz CT molecular complexity index is 346. The maximum absolute atomic E-state index is 12.3. The van der Waals surface area contributed by atoms with Crippen LogP contribution in [0.25, 0.3) is 0 Å². The third-order valence-electron chi connectivity index (χ3n) is 1.62. The minimum Gasteiger partial charge on any atom is -0.464 e. The lowest BCUT2D eigenvalue weighted by atomic mass is 10.4. The van der Waals surface area contributed by atoms with Crippen molar-refractivity contribution < 1.29 is 22.7 Å². The van der Waals surface area contributed by atoms with Gasteiger partial charge in [0.25, 0.3) is 0 Å². The summed E-state index contributed by atoms with van der Waals surface area (Å²) in [5.74, 6) is -0.532. The molecule has 0 radical (unpaired) electrons. The van der Waals surface area contributed by atoms with E-state index in [1.165, 1.54) is 6.92 Å². The number of hydrogen-bond acceptors (Lipinski definition) is 3. The Morgan fingerprint density at radius 1 is 1.60 bits per heavy atom. The molecule has 0 N–H and O–H groups in total. The van der Waals surface area contributed by atoms with E-state index in [2.05, 4.69) is 9.84 Å². The number of halogens is 3. The predicted molar refractivity (Wildman–Crippen MR) is 43.9 cm³/mol. The monoisotopic (exact) mass is 222 g/mol. The second-order valence-corrected chi connectivity index (χ2v) is 2.78. The van der Waals surface area contributed by atoms with Gasteiger partial charge in [0.1, 0.15) is 12.3 Å². The van der Waals surface area contributed by atoms with Gasteiger partial charge in [0.05, 0.1) is 6.54 Å². The van der Waals surface area contributed by atoms with Gasteiger partial charge in [-0.25, -0.2) is 0 Å². The fourth-order valence-electron chi connectivity index (χ4n) is 1.03. The Balaban J connectivity index is 2.62. The van der Waals surface area contributed by atoms with E-state index in [-0.39, 0.29) is 13.2 Å². The van der Waals surface area contributed by atoms with Crippen molar-refractivity contribution in [2.45, 2.75) is 19.6 Å². The molecule has 0 amide bonds. The SMILES string of the molecule is CC(=O)OCCn1nccc1C(F)(F)F. The molecule has 0 saturated heterocycles. The number of rotatable bonds is 3. The quantitative estimate of drug-likeness (QED) is 0.727.